The number of methoxy groups -OCH3 is 2. The number of benzene rings is 3. The average Bonchev–Trinajstić information content (AvgIpc) is 3.07. The zero-order chi connectivity index (χ0) is 31.2. The molecule has 0 spiro atoms. The van der Waals surface area contributed by atoms with E-state index in [0.717, 1.165) is 68.9 Å². The fraction of sp³-hybridized carbons (Fsp3) is 0.343. The number of aromatic nitrogens is 2. The normalized spacial score (nSPS) is 16.3. The van der Waals surface area contributed by atoms with Gasteiger partial charge in [-0.1, -0.05) is 36.4 Å². The third-order valence-corrected chi connectivity index (χ3v) is 8.64. The molecule has 10 nitrogen and oxygen atoms in total. The van der Waals surface area contributed by atoms with E-state index in [4.69, 9.17) is 14.5 Å². The van der Waals surface area contributed by atoms with Crippen LogP contribution in [0, 0.1) is 0 Å². The van der Waals surface area contributed by atoms with Crippen LogP contribution in [0.3, 0.4) is 0 Å². The second-order valence-corrected chi connectivity index (χ2v) is 11.6. The number of amides is 2. The van der Waals surface area contributed by atoms with Crippen molar-refractivity contribution in [3.05, 3.63) is 89.6 Å². The van der Waals surface area contributed by atoms with Crippen molar-refractivity contribution in [3.63, 3.8) is 0 Å². The molecule has 2 aliphatic rings. The molecule has 0 radical (unpaired) electrons. The molecule has 3 N–H and O–H groups in total. The summed E-state index contributed by atoms with van der Waals surface area (Å²) in [6.45, 7) is 6.49. The Morgan fingerprint density at radius 3 is 2.53 bits per heavy atom. The lowest BCUT2D eigenvalue weighted by atomic mass is 9.78. The van der Waals surface area contributed by atoms with Gasteiger partial charge in [0.1, 0.15) is 11.5 Å². The van der Waals surface area contributed by atoms with E-state index in [1.54, 1.807) is 32.4 Å². The van der Waals surface area contributed by atoms with Gasteiger partial charge in [-0.25, -0.2) is 14.8 Å². The van der Waals surface area contributed by atoms with E-state index in [2.05, 4.69) is 74.2 Å². The highest BCUT2D eigenvalue weighted by molar-refractivity contribution is 6.00. The summed E-state index contributed by atoms with van der Waals surface area (Å²) in [6.07, 6.45) is 3.84. The molecule has 45 heavy (non-hydrogen) atoms. The molecule has 0 bridgehead atoms. The maximum atomic E-state index is 12.8. The van der Waals surface area contributed by atoms with Crippen LogP contribution in [0.2, 0.25) is 0 Å². The Balaban J connectivity index is 1.09. The number of rotatable bonds is 10. The Bertz CT molecular complexity index is 1620. The first-order chi connectivity index (χ1) is 22.0. The van der Waals surface area contributed by atoms with Gasteiger partial charge in [-0.2, -0.15) is 0 Å². The molecule has 6 rings (SSSR count). The molecule has 10 heteroatoms. The van der Waals surface area contributed by atoms with E-state index < -0.39 is 0 Å². The van der Waals surface area contributed by atoms with Gasteiger partial charge in [0.05, 0.1) is 25.6 Å². The number of carbonyl (C=O) groups is 1. The van der Waals surface area contributed by atoms with Crippen LogP contribution < -0.4 is 25.4 Å². The standard InChI is InChI=1S/C35H41N7O3/c1-41-17-19-42(20-18-41)16-6-15-36-34-37-23-25-21-30(28-7-4-5-8-29(28)33(25)40-34)24-9-11-26(12-10-24)38-35(43)39-31-14-13-27(44-2)22-32(31)45-3/h4-5,7-14,22-23,30H,6,15-21H2,1-3H3,(H,36,37,40)(H2,38,39,43). The van der Waals surface area contributed by atoms with Crippen LogP contribution in [0.15, 0.2) is 72.9 Å². The van der Waals surface area contributed by atoms with E-state index in [1.807, 2.05) is 18.3 Å². The average molecular weight is 608 g/mol. The van der Waals surface area contributed by atoms with E-state index >= 15 is 0 Å². The van der Waals surface area contributed by atoms with Crippen molar-refractivity contribution in [1.82, 2.24) is 19.8 Å². The molecule has 2 heterocycles. The zero-order valence-corrected chi connectivity index (χ0v) is 26.2. The number of ether oxygens (including phenoxy) is 2. The summed E-state index contributed by atoms with van der Waals surface area (Å²) in [5, 5.41) is 9.21. The fourth-order valence-electron chi connectivity index (χ4n) is 6.08. The Labute approximate surface area is 264 Å². The topological polar surface area (TPSA) is 104 Å². The summed E-state index contributed by atoms with van der Waals surface area (Å²) in [5.74, 6) is 2.01. The summed E-state index contributed by atoms with van der Waals surface area (Å²) >= 11 is 0. The number of anilines is 3. The van der Waals surface area contributed by atoms with Gasteiger partial charge in [-0.3, -0.25) is 0 Å². The number of piperazine rings is 1. The summed E-state index contributed by atoms with van der Waals surface area (Å²) in [6, 6.07) is 21.4. The van der Waals surface area contributed by atoms with Gasteiger partial charge in [0, 0.05) is 62.2 Å². The summed E-state index contributed by atoms with van der Waals surface area (Å²) < 4.78 is 10.6. The minimum absolute atomic E-state index is 0.158. The molecule has 1 aliphatic heterocycles. The fourth-order valence-corrected chi connectivity index (χ4v) is 6.08. The highest BCUT2D eigenvalue weighted by Gasteiger charge is 2.27. The number of nitrogens with one attached hydrogen (secondary N) is 3. The second-order valence-electron chi connectivity index (χ2n) is 11.6. The van der Waals surface area contributed by atoms with Crippen LogP contribution in [-0.4, -0.2) is 86.3 Å². The van der Waals surface area contributed by atoms with Crippen LogP contribution in [0.1, 0.15) is 29.0 Å². The van der Waals surface area contributed by atoms with Gasteiger partial charge in [0.25, 0.3) is 0 Å². The number of fused-ring (bicyclic) bond motifs is 3. The highest BCUT2D eigenvalue weighted by Crippen LogP contribution is 2.42. The van der Waals surface area contributed by atoms with Crippen LogP contribution in [0.4, 0.5) is 22.1 Å². The van der Waals surface area contributed by atoms with Crippen molar-refractivity contribution in [2.24, 2.45) is 0 Å². The van der Waals surface area contributed by atoms with Crippen molar-refractivity contribution in [1.29, 1.82) is 0 Å². The van der Waals surface area contributed by atoms with Gasteiger partial charge >= 0.3 is 6.03 Å². The van der Waals surface area contributed by atoms with Crippen molar-refractivity contribution < 1.29 is 14.3 Å². The smallest absolute Gasteiger partial charge is 0.323 e. The van der Waals surface area contributed by atoms with E-state index in [9.17, 15) is 4.79 Å². The Morgan fingerprint density at radius 2 is 1.76 bits per heavy atom. The molecule has 234 valence electrons. The van der Waals surface area contributed by atoms with Crippen molar-refractivity contribution in [3.8, 4) is 22.8 Å². The maximum absolute atomic E-state index is 12.8. The molecular formula is C35H41N7O3. The van der Waals surface area contributed by atoms with Gasteiger partial charge in [0.2, 0.25) is 5.95 Å². The molecule has 2 amide bonds. The molecule has 1 atom stereocenters. The number of likely N-dealkylation sites (N-methyl/N-ethyl adjacent to an activating group) is 1. The third-order valence-electron chi connectivity index (χ3n) is 8.64. The number of urea groups is 1. The molecule has 0 saturated carbocycles. The highest BCUT2D eigenvalue weighted by atomic mass is 16.5. The molecule has 1 fully saturated rings. The van der Waals surface area contributed by atoms with Crippen LogP contribution in [0.5, 0.6) is 11.5 Å². The molecule has 1 aromatic heterocycles. The lowest BCUT2D eigenvalue weighted by molar-refractivity contribution is 0.154. The maximum Gasteiger partial charge on any atom is 0.323 e. The molecule has 4 aromatic rings. The summed E-state index contributed by atoms with van der Waals surface area (Å²) in [5.41, 5.74) is 6.94. The summed E-state index contributed by atoms with van der Waals surface area (Å²) in [4.78, 5) is 27.3. The van der Waals surface area contributed by atoms with Gasteiger partial charge in [0.15, 0.2) is 0 Å². The predicted molar refractivity (Wildman–Crippen MR) is 179 cm³/mol. The van der Waals surface area contributed by atoms with E-state index in [0.29, 0.717) is 28.8 Å². The Morgan fingerprint density at radius 1 is 0.956 bits per heavy atom. The first-order valence-electron chi connectivity index (χ1n) is 15.5. The Kier molecular flexibility index (Phi) is 9.42. The van der Waals surface area contributed by atoms with E-state index in [1.165, 1.54) is 11.1 Å². The molecule has 1 aliphatic carbocycles. The largest absolute Gasteiger partial charge is 0.497 e. The van der Waals surface area contributed by atoms with Gasteiger partial charge < -0.3 is 35.2 Å². The quantitative estimate of drug-likeness (QED) is 0.202. The van der Waals surface area contributed by atoms with Crippen LogP contribution in [0.25, 0.3) is 11.3 Å². The lowest BCUT2D eigenvalue weighted by Gasteiger charge is -2.32. The minimum atomic E-state index is -0.357. The first-order valence-corrected chi connectivity index (χ1v) is 15.5. The minimum Gasteiger partial charge on any atom is -0.497 e. The van der Waals surface area contributed by atoms with E-state index in [-0.39, 0.29) is 11.9 Å². The Hall–Kier alpha value is -4.67. The van der Waals surface area contributed by atoms with Crippen molar-refractivity contribution in [2.75, 3.05) is 76.5 Å². The molecule has 1 unspecified atom stereocenters. The van der Waals surface area contributed by atoms with Gasteiger partial charge in [-0.05, 0) is 67.4 Å². The number of carbonyl (C=O) groups excluding carboxylic acids is 1. The SMILES string of the molecule is COc1ccc(NC(=O)Nc2ccc(C3Cc4cnc(NCCCN5CCN(C)CC5)nc4-c4ccccc43)cc2)c(OC)c1. The second kappa shape index (κ2) is 14.0. The van der Waals surface area contributed by atoms with Gasteiger partial charge in [-0.15, -0.1) is 0 Å². The summed E-state index contributed by atoms with van der Waals surface area (Å²) in [7, 11) is 5.33. The molecular weight excluding hydrogens is 566 g/mol. The van der Waals surface area contributed by atoms with Crippen LogP contribution >= 0.6 is 0 Å². The monoisotopic (exact) mass is 607 g/mol. The predicted octanol–water partition coefficient (Wildman–Crippen LogP) is 5.54. The zero-order valence-electron chi connectivity index (χ0n) is 26.2. The number of hydrogen-bond acceptors (Lipinski definition) is 8. The lowest BCUT2D eigenvalue weighted by Crippen LogP contribution is -2.44. The third kappa shape index (κ3) is 7.19. The van der Waals surface area contributed by atoms with Crippen LogP contribution in [-0.2, 0) is 6.42 Å². The molecule has 1 saturated heterocycles. The number of hydrogen-bond donors (Lipinski definition) is 3. The van der Waals surface area contributed by atoms with Crippen molar-refractivity contribution >= 4 is 23.4 Å². The number of nitrogens with zero attached hydrogens (tertiary/aromatic N) is 4. The van der Waals surface area contributed by atoms with Crippen molar-refractivity contribution in [2.45, 2.75) is 18.8 Å². The molecule has 3 aromatic carbocycles. The first kappa shape index (κ1) is 30.4.